The number of methoxy groups -OCH3 is 1. The first kappa shape index (κ1) is 15.6. The molecule has 2 N–H and O–H groups in total. The summed E-state index contributed by atoms with van der Waals surface area (Å²) < 4.78 is 5.85. The van der Waals surface area contributed by atoms with Crippen molar-refractivity contribution in [3.05, 3.63) is 22.2 Å². The largest absolute Gasteiger partial charge is 0.503 e. The van der Waals surface area contributed by atoms with Crippen molar-refractivity contribution in [1.29, 1.82) is 0 Å². The van der Waals surface area contributed by atoms with Crippen molar-refractivity contribution in [2.24, 2.45) is 5.92 Å². The minimum atomic E-state index is 0.156. The fraction of sp³-hybridized carbons (Fsp3) is 0.600. The Hall–Kier alpha value is -0.780. The molecule has 1 aromatic carbocycles. The van der Waals surface area contributed by atoms with Crippen LogP contribution in [0.25, 0.3) is 0 Å². The van der Waals surface area contributed by atoms with Crippen LogP contribution >= 0.6 is 15.9 Å². The van der Waals surface area contributed by atoms with E-state index >= 15 is 0 Å². The van der Waals surface area contributed by atoms with Gasteiger partial charge in [-0.05, 0) is 59.6 Å². The highest BCUT2D eigenvalue weighted by atomic mass is 79.9. The first-order chi connectivity index (χ1) is 9.51. The molecule has 1 aromatic rings. The minimum absolute atomic E-state index is 0.156. The molecule has 1 aliphatic heterocycles. The minimum Gasteiger partial charge on any atom is -0.503 e. The monoisotopic (exact) mass is 342 g/mol. The number of halogens is 1. The van der Waals surface area contributed by atoms with Crippen LogP contribution in [0, 0.1) is 5.92 Å². The second-order valence-corrected chi connectivity index (χ2v) is 6.50. The number of hydrogen-bond donors (Lipinski definition) is 2. The molecule has 112 valence electrons. The van der Waals surface area contributed by atoms with Crippen molar-refractivity contribution in [2.75, 3.05) is 27.2 Å². The molecule has 20 heavy (non-hydrogen) atoms. The van der Waals surface area contributed by atoms with Gasteiger partial charge in [-0.2, -0.15) is 0 Å². The highest BCUT2D eigenvalue weighted by molar-refractivity contribution is 9.10. The average Bonchev–Trinajstić information content (AvgIpc) is 2.41. The number of aromatic hydroxyl groups is 1. The van der Waals surface area contributed by atoms with Gasteiger partial charge in [-0.25, -0.2) is 0 Å². The van der Waals surface area contributed by atoms with Gasteiger partial charge in [0.05, 0.1) is 11.6 Å². The standard InChI is InChI=1S/C15H23BrN2O2/c1-10-9-18(2)5-4-13(10)17-8-11-6-12(16)15(19)14(7-11)20-3/h6-7,10,13,17,19H,4-5,8-9H2,1-3H3. The summed E-state index contributed by atoms with van der Waals surface area (Å²) in [7, 11) is 3.74. The lowest BCUT2D eigenvalue weighted by Gasteiger charge is -2.35. The van der Waals surface area contributed by atoms with E-state index < -0.39 is 0 Å². The summed E-state index contributed by atoms with van der Waals surface area (Å²) in [5.74, 6) is 1.31. The Morgan fingerprint density at radius 2 is 2.25 bits per heavy atom. The van der Waals surface area contributed by atoms with Gasteiger partial charge in [0.15, 0.2) is 11.5 Å². The topological polar surface area (TPSA) is 44.7 Å². The Morgan fingerprint density at radius 3 is 2.90 bits per heavy atom. The Balaban J connectivity index is 1.99. The Labute approximate surface area is 129 Å². The van der Waals surface area contributed by atoms with Crippen molar-refractivity contribution < 1.29 is 9.84 Å². The van der Waals surface area contributed by atoms with Crippen LogP contribution in [-0.4, -0.2) is 43.3 Å². The first-order valence-electron chi connectivity index (χ1n) is 6.98. The summed E-state index contributed by atoms with van der Waals surface area (Å²) in [5.41, 5.74) is 1.11. The van der Waals surface area contributed by atoms with Gasteiger partial charge in [0, 0.05) is 19.1 Å². The number of likely N-dealkylation sites (tertiary alicyclic amines) is 1. The molecule has 1 fully saturated rings. The van der Waals surface area contributed by atoms with Crippen LogP contribution < -0.4 is 10.1 Å². The van der Waals surface area contributed by atoms with E-state index in [2.05, 4.69) is 40.1 Å². The number of phenolic OH excluding ortho intramolecular Hbond substituents is 1. The van der Waals surface area contributed by atoms with Crippen molar-refractivity contribution >= 4 is 15.9 Å². The summed E-state index contributed by atoms with van der Waals surface area (Å²) in [4.78, 5) is 2.38. The van der Waals surface area contributed by atoms with Crippen molar-refractivity contribution in [2.45, 2.75) is 25.9 Å². The molecule has 1 saturated heterocycles. The van der Waals surface area contributed by atoms with E-state index in [0.29, 0.717) is 22.2 Å². The van der Waals surface area contributed by atoms with Gasteiger partial charge < -0.3 is 20.1 Å². The molecule has 0 amide bonds. The molecule has 1 heterocycles. The number of nitrogens with zero attached hydrogens (tertiary/aromatic N) is 1. The van der Waals surface area contributed by atoms with Gasteiger partial charge in [-0.1, -0.05) is 6.92 Å². The van der Waals surface area contributed by atoms with Gasteiger partial charge in [-0.3, -0.25) is 0 Å². The van der Waals surface area contributed by atoms with Crippen molar-refractivity contribution in [3.63, 3.8) is 0 Å². The van der Waals surface area contributed by atoms with Crippen LogP contribution in [0.5, 0.6) is 11.5 Å². The van der Waals surface area contributed by atoms with Crippen LogP contribution in [0.4, 0.5) is 0 Å². The molecule has 0 aliphatic carbocycles. The Morgan fingerprint density at radius 1 is 1.50 bits per heavy atom. The van der Waals surface area contributed by atoms with E-state index in [0.717, 1.165) is 25.2 Å². The Bertz CT molecular complexity index is 467. The number of nitrogens with one attached hydrogen (secondary N) is 1. The molecule has 2 atom stereocenters. The van der Waals surface area contributed by atoms with E-state index in [1.54, 1.807) is 7.11 Å². The number of benzene rings is 1. The summed E-state index contributed by atoms with van der Waals surface area (Å²) in [6.07, 6.45) is 1.17. The predicted octanol–water partition coefficient (Wildman–Crippen LogP) is 2.59. The molecule has 0 spiro atoms. The zero-order valence-corrected chi connectivity index (χ0v) is 13.9. The van der Waals surface area contributed by atoms with E-state index in [1.165, 1.54) is 6.42 Å². The number of piperidine rings is 1. The molecule has 5 heteroatoms. The molecule has 4 nitrogen and oxygen atoms in total. The maximum atomic E-state index is 9.81. The lowest BCUT2D eigenvalue weighted by molar-refractivity contribution is 0.174. The van der Waals surface area contributed by atoms with E-state index in [9.17, 15) is 5.11 Å². The highest BCUT2D eigenvalue weighted by Crippen LogP contribution is 2.35. The molecule has 0 aromatic heterocycles. The molecular formula is C15H23BrN2O2. The van der Waals surface area contributed by atoms with Crippen LogP contribution in [0.2, 0.25) is 0 Å². The Kier molecular flexibility index (Phi) is 5.29. The third kappa shape index (κ3) is 3.65. The van der Waals surface area contributed by atoms with Crippen LogP contribution in [0.15, 0.2) is 16.6 Å². The smallest absolute Gasteiger partial charge is 0.172 e. The van der Waals surface area contributed by atoms with Gasteiger partial charge >= 0.3 is 0 Å². The second-order valence-electron chi connectivity index (χ2n) is 5.64. The van der Waals surface area contributed by atoms with Crippen LogP contribution in [0.1, 0.15) is 18.9 Å². The lowest BCUT2D eigenvalue weighted by Crippen LogP contribution is -2.46. The van der Waals surface area contributed by atoms with Crippen LogP contribution in [-0.2, 0) is 6.54 Å². The van der Waals surface area contributed by atoms with Gasteiger partial charge in [0.25, 0.3) is 0 Å². The molecule has 2 unspecified atom stereocenters. The molecule has 0 saturated carbocycles. The zero-order chi connectivity index (χ0) is 14.7. The van der Waals surface area contributed by atoms with Gasteiger partial charge in [0.1, 0.15) is 0 Å². The lowest BCUT2D eigenvalue weighted by atomic mass is 9.94. The average molecular weight is 343 g/mol. The number of ether oxygens (including phenoxy) is 1. The summed E-state index contributed by atoms with van der Waals surface area (Å²) in [5, 5.41) is 13.4. The predicted molar refractivity (Wildman–Crippen MR) is 84.3 cm³/mol. The number of hydrogen-bond acceptors (Lipinski definition) is 4. The van der Waals surface area contributed by atoms with E-state index in [4.69, 9.17) is 4.74 Å². The number of phenols is 1. The van der Waals surface area contributed by atoms with E-state index in [-0.39, 0.29) is 5.75 Å². The first-order valence-corrected chi connectivity index (χ1v) is 7.78. The third-order valence-corrected chi connectivity index (χ3v) is 4.59. The SMILES string of the molecule is COc1cc(CNC2CCN(C)CC2C)cc(Br)c1O. The van der Waals surface area contributed by atoms with Crippen molar-refractivity contribution in [3.8, 4) is 11.5 Å². The second kappa shape index (κ2) is 6.78. The molecule has 0 bridgehead atoms. The van der Waals surface area contributed by atoms with Gasteiger partial charge in [0.2, 0.25) is 0 Å². The molecule has 1 aliphatic rings. The van der Waals surface area contributed by atoms with Gasteiger partial charge in [-0.15, -0.1) is 0 Å². The fourth-order valence-corrected chi connectivity index (χ4v) is 3.28. The summed E-state index contributed by atoms with van der Waals surface area (Å²) >= 11 is 3.36. The third-order valence-electron chi connectivity index (χ3n) is 3.98. The maximum absolute atomic E-state index is 9.81. The summed E-state index contributed by atoms with van der Waals surface area (Å²) in [6, 6.07) is 4.36. The summed E-state index contributed by atoms with van der Waals surface area (Å²) in [6.45, 7) is 5.36. The van der Waals surface area contributed by atoms with Crippen LogP contribution in [0.3, 0.4) is 0 Å². The fourth-order valence-electron chi connectivity index (χ4n) is 2.79. The normalized spacial score (nSPS) is 23.8. The molecule has 2 rings (SSSR count). The maximum Gasteiger partial charge on any atom is 0.172 e. The zero-order valence-electron chi connectivity index (χ0n) is 12.3. The molecule has 0 radical (unpaired) electrons. The van der Waals surface area contributed by atoms with Crippen molar-refractivity contribution in [1.82, 2.24) is 10.2 Å². The number of rotatable bonds is 4. The quantitative estimate of drug-likeness (QED) is 0.882. The highest BCUT2D eigenvalue weighted by Gasteiger charge is 2.23. The van der Waals surface area contributed by atoms with E-state index in [1.807, 2.05) is 12.1 Å². The molecular weight excluding hydrogens is 320 g/mol.